The summed E-state index contributed by atoms with van der Waals surface area (Å²) in [7, 11) is 0. The van der Waals surface area contributed by atoms with Crippen LogP contribution in [0.4, 0.5) is 17.1 Å². The Morgan fingerprint density at radius 1 is 0.885 bits per heavy atom. The number of nitrogens with one attached hydrogen (secondary N) is 1. The standard InChI is InChI=1S/C21H23N3O2/c25-20-8-5-15-24(20)17-11-9-16(10-12-17)21(26)22-18-6-1-2-7-19(18)23-13-3-4-14-23/h1-2,6-7,9-12H,3-5,8,13-15H2,(H,22,26). The van der Waals surface area contributed by atoms with E-state index >= 15 is 0 Å². The summed E-state index contributed by atoms with van der Waals surface area (Å²) in [4.78, 5) is 28.6. The van der Waals surface area contributed by atoms with Crippen LogP contribution in [0.3, 0.4) is 0 Å². The van der Waals surface area contributed by atoms with Crippen molar-refractivity contribution in [3.8, 4) is 0 Å². The predicted octanol–water partition coefficient (Wildman–Crippen LogP) is 3.67. The second-order valence-electron chi connectivity index (χ2n) is 6.86. The van der Waals surface area contributed by atoms with Crippen LogP contribution in [0.5, 0.6) is 0 Å². The highest BCUT2D eigenvalue weighted by Crippen LogP contribution is 2.29. The maximum Gasteiger partial charge on any atom is 0.255 e. The van der Waals surface area contributed by atoms with Crippen molar-refractivity contribution < 1.29 is 9.59 Å². The van der Waals surface area contributed by atoms with Crippen LogP contribution >= 0.6 is 0 Å². The van der Waals surface area contributed by atoms with Crippen molar-refractivity contribution in [2.75, 3.05) is 34.8 Å². The molecular weight excluding hydrogens is 326 g/mol. The third kappa shape index (κ3) is 3.29. The molecule has 2 saturated heterocycles. The Kier molecular flexibility index (Phi) is 4.61. The van der Waals surface area contributed by atoms with E-state index in [1.54, 1.807) is 17.0 Å². The lowest BCUT2D eigenvalue weighted by molar-refractivity contribution is -0.117. The van der Waals surface area contributed by atoms with Gasteiger partial charge in [0.25, 0.3) is 5.91 Å². The van der Waals surface area contributed by atoms with E-state index in [0.717, 1.165) is 43.1 Å². The fourth-order valence-electron chi connectivity index (χ4n) is 3.72. The lowest BCUT2D eigenvalue weighted by Gasteiger charge is -2.21. The highest BCUT2D eigenvalue weighted by Gasteiger charge is 2.22. The molecule has 0 aromatic heterocycles. The zero-order valence-corrected chi connectivity index (χ0v) is 14.8. The largest absolute Gasteiger partial charge is 0.370 e. The molecule has 1 N–H and O–H groups in total. The van der Waals surface area contributed by atoms with E-state index in [2.05, 4.69) is 16.3 Å². The van der Waals surface area contributed by atoms with Gasteiger partial charge in [-0.3, -0.25) is 9.59 Å². The summed E-state index contributed by atoms with van der Waals surface area (Å²) >= 11 is 0. The van der Waals surface area contributed by atoms with Gasteiger partial charge >= 0.3 is 0 Å². The molecule has 0 spiro atoms. The van der Waals surface area contributed by atoms with Gasteiger partial charge in [0, 0.05) is 37.3 Å². The number of para-hydroxylation sites is 2. The molecule has 0 atom stereocenters. The first kappa shape index (κ1) is 16.6. The molecule has 26 heavy (non-hydrogen) atoms. The van der Waals surface area contributed by atoms with Crippen LogP contribution in [0.15, 0.2) is 48.5 Å². The first-order chi connectivity index (χ1) is 12.7. The number of hydrogen-bond donors (Lipinski definition) is 1. The molecule has 2 aromatic rings. The van der Waals surface area contributed by atoms with Crippen molar-refractivity contribution in [2.45, 2.75) is 25.7 Å². The van der Waals surface area contributed by atoms with Crippen LogP contribution in [0.25, 0.3) is 0 Å². The summed E-state index contributed by atoms with van der Waals surface area (Å²) in [5.74, 6) is 0.0256. The zero-order chi connectivity index (χ0) is 17.9. The van der Waals surface area contributed by atoms with Crippen LogP contribution < -0.4 is 15.1 Å². The molecule has 0 unspecified atom stereocenters. The van der Waals surface area contributed by atoms with E-state index in [1.807, 2.05) is 30.3 Å². The summed E-state index contributed by atoms with van der Waals surface area (Å²) in [5.41, 5.74) is 3.38. The van der Waals surface area contributed by atoms with E-state index in [0.29, 0.717) is 12.0 Å². The minimum atomic E-state index is -0.129. The van der Waals surface area contributed by atoms with Gasteiger partial charge in [0.1, 0.15) is 0 Å². The molecule has 2 heterocycles. The third-order valence-corrected chi connectivity index (χ3v) is 5.11. The molecule has 2 amide bonds. The maximum atomic E-state index is 12.7. The minimum Gasteiger partial charge on any atom is -0.370 e. The fourth-order valence-corrected chi connectivity index (χ4v) is 3.72. The molecule has 0 bridgehead atoms. The van der Waals surface area contributed by atoms with E-state index in [1.165, 1.54) is 12.8 Å². The van der Waals surface area contributed by atoms with E-state index in [4.69, 9.17) is 0 Å². The molecule has 0 radical (unpaired) electrons. The van der Waals surface area contributed by atoms with Crippen molar-refractivity contribution in [1.82, 2.24) is 0 Å². The highest BCUT2D eigenvalue weighted by atomic mass is 16.2. The van der Waals surface area contributed by atoms with Crippen molar-refractivity contribution in [2.24, 2.45) is 0 Å². The van der Waals surface area contributed by atoms with Crippen LogP contribution in [0, 0.1) is 0 Å². The van der Waals surface area contributed by atoms with Gasteiger partial charge in [0.2, 0.25) is 5.91 Å². The Bertz CT molecular complexity index is 810. The molecule has 2 aliphatic heterocycles. The second kappa shape index (κ2) is 7.20. The molecule has 134 valence electrons. The van der Waals surface area contributed by atoms with Gasteiger partial charge in [-0.1, -0.05) is 12.1 Å². The molecule has 2 fully saturated rings. The molecule has 0 aliphatic carbocycles. The SMILES string of the molecule is O=C(Nc1ccccc1N1CCCC1)c1ccc(N2CCCC2=O)cc1. The highest BCUT2D eigenvalue weighted by molar-refractivity contribution is 6.06. The fraction of sp³-hybridized carbons (Fsp3) is 0.333. The predicted molar refractivity (Wildman–Crippen MR) is 104 cm³/mol. The van der Waals surface area contributed by atoms with Crippen molar-refractivity contribution in [3.05, 3.63) is 54.1 Å². The molecule has 0 saturated carbocycles. The Labute approximate surface area is 153 Å². The number of carbonyl (C=O) groups is 2. The van der Waals surface area contributed by atoms with Crippen LogP contribution in [-0.2, 0) is 4.79 Å². The smallest absolute Gasteiger partial charge is 0.255 e. The van der Waals surface area contributed by atoms with Gasteiger partial charge in [0.05, 0.1) is 11.4 Å². The summed E-state index contributed by atoms with van der Waals surface area (Å²) in [6, 6.07) is 15.2. The first-order valence-corrected chi connectivity index (χ1v) is 9.28. The zero-order valence-electron chi connectivity index (χ0n) is 14.8. The van der Waals surface area contributed by atoms with Gasteiger partial charge < -0.3 is 15.1 Å². The van der Waals surface area contributed by atoms with Crippen LogP contribution in [0.2, 0.25) is 0 Å². The number of anilines is 3. The van der Waals surface area contributed by atoms with Gasteiger partial charge in [-0.05, 0) is 55.7 Å². The average molecular weight is 349 g/mol. The van der Waals surface area contributed by atoms with Gasteiger partial charge in [-0.2, -0.15) is 0 Å². The number of benzene rings is 2. The first-order valence-electron chi connectivity index (χ1n) is 9.28. The van der Waals surface area contributed by atoms with Crippen molar-refractivity contribution >= 4 is 28.9 Å². The van der Waals surface area contributed by atoms with E-state index in [-0.39, 0.29) is 11.8 Å². The number of carbonyl (C=O) groups excluding carboxylic acids is 2. The van der Waals surface area contributed by atoms with Crippen LogP contribution in [-0.4, -0.2) is 31.4 Å². The number of hydrogen-bond acceptors (Lipinski definition) is 3. The van der Waals surface area contributed by atoms with E-state index in [9.17, 15) is 9.59 Å². The second-order valence-corrected chi connectivity index (χ2v) is 6.86. The molecule has 4 rings (SSSR count). The molecule has 2 aliphatic rings. The number of amides is 2. The molecular formula is C21H23N3O2. The van der Waals surface area contributed by atoms with E-state index < -0.39 is 0 Å². The Hall–Kier alpha value is -2.82. The van der Waals surface area contributed by atoms with Gasteiger partial charge in [-0.15, -0.1) is 0 Å². The minimum absolute atomic E-state index is 0.129. The quantitative estimate of drug-likeness (QED) is 0.916. The van der Waals surface area contributed by atoms with Crippen molar-refractivity contribution in [3.63, 3.8) is 0 Å². The van der Waals surface area contributed by atoms with Crippen molar-refractivity contribution in [1.29, 1.82) is 0 Å². The summed E-state index contributed by atoms with van der Waals surface area (Å²) in [5, 5.41) is 3.04. The lowest BCUT2D eigenvalue weighted by atomic mass is 10.1. The Balaban J connectivity index is 1.49. The lowest BCUT2D eigenvalue weighted by Crippen LogP contribution is -2.23. The van der Waals surface area contributed by atoms with Gasteiger partial charge in [0.15, 0.2) is 0 Å². The normalized spacial score (nSPS) is 17.0. The monoisotopic (exact) mass is 349 g/mol. The Morgan fingerprint density at radius 2 is 1.62 bits per heavy atom. The average Bonchev–Trinajstić information content (AvgIpc) is 3.34. The number of nitrogens with zero attached hydrogens (tertiary/aromatic N) is 2. The number of rotatable bonds is 4. The summed E-state index contributed by atoms with van der Waals surface area (Å²) in [6.45, 7) is 2.82. The molecule has 5 heteroatoms. The van der Waals surface area contributed by atoms with Crippen LogP contribution in [0.1, 0.15) is 36.0 Å². The topological polar surface area (TPSA) is 52.7 Å². The summed E-state index contributed by atoms with van der Waals surface area (Å²) < 4.78 is 0. The third-order valence-electron chi connectivity index (χ3n) is 5.11. The molecule has 5 nitrogen and oxygen atoms in total. The Morgan fingerprint density at radius 3 is 2.31 bits per heavy atom. The summed E-state index contributed by atoms with van der Waals surface area (Å²) in [6.07, 6.45) is 3.89. The maximum absolute atomic E-state index is 12.7. The van der Waals surface area contributed by atoms with Gasteiger partial charge in [-0.25, -0.2) is 0 Å². The molecule has 2 aromatic carbocycles.